The Morgan fingerprint density at radius 3 is 2.69 bits per heavy atom. The van der Waals surface area contributed by atoms with Crippen molar-refractivity contribution < 1.29 is 14.3 Å². The van der Waals surface area contributed by atoms with Gasteiger partial charge in [-0.05, 0) is 62.2 Å². The molecular weight excluding hydrogens is 446 g/mol. The van der Waals surface area contributed by atoms with Gasteiger partial charge in [-0.15, -0.1) is 0 Å². The lowest BCUT2D eigenvalue weighted by atomic mass is 10.2. The molecule has 2 aromatic carbocycles. The Balaban J connectivity index is 1.58. The van der Waals surface area contributed by atoms with E-state index in [0.29, 0.717) is 28.9 Å². The number of carbonyl (C=O) groups excluding carboxylic acids is 1. The van der Waals surface area contributed by atoms with E-state index in [1.165, 1.54) is 11.3 Å². The first-order valence-corrected chi connectivity index (χ1v) is 12.2. The SMILES string of the molecule is CCOc1ccc(C(=O)N(CCCN2CCOCC2)c2nc3c(C)c(Cl)ccc3s2)cc1. The van der Waals surface area contributed by atoms with Gasteiger partial charge in [0.2, 0.25) is 0 Å². The number of aromatic nitrogens is 1. The van der Waals surface area contributed by atoms with Crippen LogP contribution in [0.25, 0.3) is 10.2 Å². The Labute approximate surface area is 197 Å². The number of aryl methyl sites for hydroxylation is 1. The number of fused-ring (bicyclic) bond motifs is 1. The van der Waals surface area contributed by atoms with Crippen molar-refractivity contribution >= 4 is 44.2 Å². The summed E-state index contributed by atoms with van der Waals surface area (Å²) in [6.07, 6.45) is 0.860. The van der Waals surface area contributed by atoms with Crippen molar-refractivity contribution in [3.8, 4) is 5.75 Å². The predicted molar refractivity (Wildman–Crippen MR) is 131 cm³/mol. The quantitative estimate of drug-likeness (QED) is 0.459. The number of ether oxygens (including phenoxy) is 2. The summed E-state index contributed by atoms with van der Waals surface area (Å²) in [7, 11) is 0. The number of amides is 1. The van der Waals surface area contributed by atoms with Crippen LogP contribution >= 0.6 is 22.9 Å². The van der Waals surface area contributed by atoms with Crippen molar-refractivity contribution in [3.63, 3.8) is 0 Å². The second kappa shape index (κ2) is 10.6. The van der Waals surface area contributed by atoms with Gasteiger partial charge in [-0.25, -0.2) is 4.98 Å². The van der Waals surface area contributed by atoms with E-state index in [9.17, 15) is 4.79 Å². The van der Waals surface area contributed by atoms with Crippen LogP contribution in [-0.4, -0.2) is 61.8 Å². The molecule has 1 fully saturated rings. The average Bonchev–Trinajstić information content (AvgIpc) is 3.25. The maximum atomic E-state index is 13.5. The number of halogens is 1. The van der Waals surface area contributed by atoms with Crippen LogP contribution in [-0.2, 0) is 4.74 Å². The van der Waals surface area contributed by atoms with E-state index in [1.54, 1.807) is 4.90 Å². The van der Waals surface area contributed by atoms with Crippen LogP contribution in [0.1, 0.15) is 29.3 Å². The molecule has 0 atom stereocenters. The van der Waals surface area contributed by atoms with E-state index in [1.807, 2.05) is 50.2 Å². The summed E-state index contributed by atoms with van der Waals surface area (Å²) in [6.45, 7) is 9.43. The molecule has 0 saturated carbocycles. The molecule has 170 valence electrons. The third-order valence-electron chi connectivity index (χ3n) is 5.58. The number of thiazole rings is 1. The molecule has 1 aromatic heterocycles. The largest absolute Gasteiger partial charge is 0.494 e. The second-order valence-electron chi connectivity index (χ2n) is 7.74. The first kappa shape index (κ1) is 23.0. The zero-order valence-corrected chi connectivity index (χ0v) is 20.0. The topological polar surface area (TPSA) is 54.9 Å². The summed E-state index contributed by atoms with van der Waals surface area (Å²) >= 11 is 7.83. The normalized spacial score (nSPS) is 14.6. The van der Waals surface area contributed by atoms with Gasteiger partial charge in [0.1, 0.15) is 5.75 Å². The van der Waals surface area contributed by atoms with Crippen LogP contribution in [0.3, 0.4) is 0 Å². The fourth-order valence-corrected chi connectivity index (χ4v) is 4.98. The molecule has 1 aliphatic heterocycles. The van der Waals surface area contributed by atoms with Gasteiger partial charge >= 0.3 is 0 Å². The molecule has 1 aliphatic rings. The van der Waals surface area contributed by atoms with Gasteiger partial charge < -0.3 is 9.47 Å². The van der Waals surface area contributed by atoms with Gasteiger partial charge in [-0.2, -0.15) is 0 Å². The number of hydrogen-bond acceptors (Lipinski definition) is 6. The summed E-state index contributed by atoms with van der Waals surface area (Å²) in [5.74, 6) is 0.700. The monoisotopic (exact) mass is 473 g/mol. The molecular formula is C24H28ClN3O3S. The summed E-state index contributed by atoms with van der Waals surface area (Å²) < 4.78 is 12.0. The number of hydrogen-bond donors (Lipinski definition) is 0. The molecule has 0 N–H and O–H groups in total. The molecule has 0 aliphatic carbocycles. The zero-order chi connectivity index (χ0) is 22.5. The standard InChI is InChI=1S/C24H28ClN3O3S/c1-3-31-19-7-5-18(6-8-19)23(29)28(12-4-11-27-13-15-30-16-14-27)24-26-22-17(2)20(25)9-10-21(22)32-24/h5-10H,3-4,11-16H2,1-2H3. The number of benzene rings is 2. The Bertz CT molecular complexity index is 1060. The summed E-state index contributed by atoms with van der Waals surface area (Å²) in [6, 6.07) is 11.2. The minimum atomic E-state index is -0.0576. The van der Waals surface area contributed by atoms with E-state index >= 15 is 0 Å². The first-order chi connectivity index (χ1) is 15.6. The van der Waals surface area contributed by atoms with Crippen molar-refractivity contribution in [2.24, 2.45) is 0 Å². The molecule has 0 bridgehead atoms. The number of rotatable bonds is 8. The molecule has 32 heavy (non-hydrogen) atoms. The number of carbonyl (C=O) groups is 1. The van der Waals surface area contributed by atoms with Crippen LogP contribution < -0.4 is 9.64 Å². The average molecular weight is 474 g/mol. The van der Waals surface area contributed by atoms with Crippen LogP contribution in [0, 0.1) is 6.92 Å². The molecule has 8 heteroatoms. The van der Waals surface area contributed by atoms with E-state index in [-0.39, 0.29) is 5.91 Å². The smallest absolute Gasteiger partial charge is 0.260 e. The van der Waals surface area contributed by atoms with Gasteiger partial charge in [-0.3, -0.25) is 14.6 Å². The number of nitrogens with zero attached hydrogens (tertiary/aromatic N) is 3. The number of morpholine rings is 1. The van der Waals surface area contributed by atoms with Crippen molar-refractivity contribution in [1.82, 2.24) is 9.88 Å². The maximum Gasteiger partial charge on any atom is 0.260 e. The molecule has 4 rings (SSSR count). The zero-order valence-electron chi connectivity index (χ0n) is 18.5. The third-order valence-corrected chi connectivity index (χ3v) is 7.04. The first-order valence-electron chi connectivity index (χ1n) is 11.0. The summed E-state index contributed by atoms with van der Waals surface area (Å²) in [5.41, 5.74) is 2.41. The van der Waals surface area contributed by atoms with Gasteiger partial charge in [-0.1, -0.05) is 22.9 Å². The molecule has 1 saturated heterocycles. The molecule has 3 aromatic rings. The van der Waals surface area contributed by atoms with E-state index in [4.69, 9.17) is 26.1 Å². The lowest BCUT2D eigenvalue weighted by molar-refractivity contribution is 0.0376. The Morgan fingerprint density at radius 2 is 1.97 bits per heavy atom. The lowest BCUT2D eigenvalue weighted by Crippen LogP contribution is -2.39. The predicted octanol–water partition coefficient (Wildman–Crippen LogP) is 5.03. The fourth-order valence-electron chi connectivity index (χ4n) is 3.78. The molecule has 6 nitrogen and oxygen atoms in total. The van der Waals surface area contributed by atoms with Crippen LogP contribution in [0.15, 0.2) is 36.4 Å². The maximum absolute atomic E-state index is 13.5. The van der Waals surface area contributed by atoms with Crippen molar-refractivity contribution in [1.29, 1.82) is 0 Å². The van der Waals surface area contributed by atoms with E-state index in [0.717, 1.165) is 60.8 Å². The van der Waals surface area contributed by atoms with E-state index in [2.05, 4.69) is 4.90 Å². The van der Waals surface area contributed by atoms with Gasteiger partial charge in [0.25, 0.3) is 5.91 Å². The molecule has 0 radical (unpaired) electrons. The summed E-state index contributed by atoms with van der Waals surface area (Å²) in [5, 5.41) is 1.39. The highest BCUT2D eigenvalue weighted by Crippen LogP contribution is 2.34. The third kappa shape index (κ3) is 5.23. The Morgan fingerprint density at radius 1 is 1.22 bits per heavy atom. The van der Waals surface area contributed by atoms with Gasteiger partial charge in [0.15, 0.2) is 5.13 Å². The highest BCUT2D eigenvalue weighted by Gasteiger charge is 2.22. The Hall–Kier alpha value is -2.19. The molecule has 0 spiro atoms. The fraction of sp³-hybridized carbons (Fsp3) is 0.417. The molecule has 2 heterocycles. The van der Waals surface area contributed by atoms with Crippen LogP contribution in [0.5, 0.6) is 5.75 Å². The Kier molecular flexibility index (Phi) is 7.63. The highest BCUT2D eigenvalue weighted by molar-refractivity contribution is 7.22. The van der Waals surface area contributed by atoms with Crippen LogP contribution in [0.4, 0.5) is 5.13 Å². The van der Waals surface area contributed by atoms with Crippen molar-refractivity contribution in [2.75, 3.05) is 50.9 Å². The molecule has 1 amide bonds. The number of anilines is 1. The van der Waals surface area contributed by atoms with Crippen molar-refractivity contribution in [3.05, 3.63) is 52.5 Å². The molecule has 0 unspecified atom stereocenters. The summed E-state index contributed by atoms with van der Waals surface area (Å²) in [4.78, 5) is 22.5. The minimum Gasteiger partial charge on any atom is -0.494 e. The minimum absolute atomic E-state index is 0.0576. The lowest BCUT2D eigenvalue weighted by Gasteiger charge is -2.27. The highest BCUT2D eigenvalue weighted by atomic mass is 35.5. The second-order valence-corrected chi connectivity index (χ2v) is 9.15. The van der Waals surface area contributed by atoms with Gasteiger partial charge in [0.05, 0.1) is 30.0 Å². The van der Waals surface area contributed by atoms with E-state index < -0.39 is 0 Å². The van der Waals surface area contributed by atoms with Crippen LogP contribution in [0.2, 0.25) is 5.02 Å². The van der Waals surface area contributed by atoms with Crippen molar-refractivity contribution in [2.45, 2.75) is 20.3 Å². The van der Waals surface area contributed by atoms with Gasteiger partial charge in [0, 0.05) is 36.8 Å².